The molecule has 0 unspecified atom stereocenters. The van der Waals surface area contributed by atoms with Gasteiger partial charge in [0.05, 0.1) is 13.0 Å². The molecular formula is C11H16O3. The van der Waals surface area contributed by atoms with E-state index in [9.17, 15) is 4.79 Å². The van der Waals surface area contributed by atoms with Gasteiger partial charge in [-0.2, -0.15) is 0 Å². The van der Waals surface area contributed by atoms with Crippen LogP contribution in [0.1, 0.15) is 20.3 Å². The van der Waals surface area contributed by atoms with Crippen molar-refractivity contribution in [3.05, 3.63) is 30.3 Å². The Morgan fingerprint density at radius 3 is 2.36 bits per heavy atom. The van der Waals surface area contributed by atoms with Crippen LogP contribution in [0.3, 0.4) is 0 Å². The Morgan fingerprint density at radius 2 is 1.86 bits per heavy atom. The van der Waals surface area contributed by atoms with Crippen LogP contribution in [0.2, 0.25) is 0 Å². The number of ether oxygens (including phenoxy) is 1. The van der Waals surface area contributed by atoms with Crippen LogP contribution in [-0.4, -0.2) is 17.7 Å². The third kappa shape index (κ3) is 6.06. The number of carboxylic acids is 1. The maximum absolute atomic E-state index is 10.1. The topological polar surface area (TPSA) is 46.5 Å². The minimum Gasteiger partial charge on any atom is -0.493 e. The summed E-state index contributed by atoms with van der Waals surface area (Å²) in [6.07, 6.45) is 0.0366. The summed E-state index contributed by atoms with van der Waals surface area (Å²) in [6, 6.07) is 9.15. The van der Waals surface area contributed by atoms with Gasteiger partial charge in [-0.15, -0.1) is 0 Å². The van der Waals surface area contributed by atoms with Crippen molar-refractivity contribution in [2.24, 2.45) is 0 Å². The van der Waals surface area contributed by atoms with Crippen molar-refractivity contribution in [1.29, 1.82) is 0 Å². The van der Waals surface area contributed by atoms with Crippen LogP contribution in [-0.2, 0) is 4.79 Å². The Bertz CT molecular complexity index is 244. The van der Waals surface area contributed by atoms with Crippen LogP contribution in [0.5, 0.6) is 5.75 Å². The van der Waals surface area contributed by atoms with E-state index >= 15 is 0 Å². The highest BCUT2D eigenvalue weighted by Crippen LogP contribution is 2.07. The van der Waals surface area contributed by atoms with Crippen molar-refractivity contribution < 1.29 is 14.6 Å². The van der Waals surface area contributed by atoms with E-state index in [0.29, 0.717) is 5.75 Å². The Labute approximate surface area is 84.3 Å². The lowest BCUT2D eigenvalue weighted by Crippen LogP contribution is -2.04. The third-order valence-electron chi connectivity index (χ3n) is 1.33. The molecule has 0 saturated carbocycles. The molecule has 0 atom stereocenters. The fourth-order valence-corrected chi connectivity index (χ4v) is 0.773. The van der Waals surface area contributed by atoms with E-state index in [1.54, 1.807) is 12.1 Å². The highest BCUT2D eigenvalue weighted by Gasteiger charge is 1.96. The number of benzene rings is 1. The van der Waals surface area contributed by atoms with Crippen LogP contribution in [0.4, 0.5) is 0 Å². The molecule has 0 spiro atoms. The molecule has 0 aromatic heterocycles. The molecule has 3 nitrogen and oxygen atoms in total. The fourth-order valence-electron chi connectivity index (χ4n) is 0.773. The summed E-state index contributed by atoms with van der Waals surface area (Å²) in [5.74, 6) is -0.135. The zero-order valence-corrected chi connectivity index (χ0v) is 8.56. The molecule has 78 valence electrons. The van der Waals surface area contributed by atoms with Gasteiger partial charge in [0, 0.05) is 0 Å². The van der Waals surface area contributed by atoms with E-state index in [1.807, 2.05) is 32.0 Å². The van der Waals surface area contributed by atoms with Crippen LogP contribution in [0, 0.1) is 0 Å². The molecule has 0 heterocycles. The predicted octanol–water partition coefficient (Wildman–Crippen LogP) is 2.57. The molecule has 0 saturated heterocycles. The summed E-state index contributed by atoms with van der Waals surface area (Å²) in [5, 5.41) is 8.31. The second kappa shape index (κ2) is 8.10. The van der Waals surface area contributed by atoms with E-state index in [2.05, 4.69) is 0 Å². The average molecular weight is 196 g/mol. The van der Waals surface area contributed by atoms with E-state index in [0.717, 1.165) is 0 Å². The number of rotatable bonds is 4. The predicted molar refractivity (Wildman–Crippen MR) is 55.5 cm³/mol. The van der Waals surface area contributed by atoms with Gasteiger partial charge in [-0.3, -0.25) is 4.79 Å². The SMILES string of the molecule is CC.O=C(O)CCOc1ccccc1. The molecule has 1 rings (SSSR count). The summed E-state index contributed by atoms with van der Waals surface area (Å²) >= 11 is 0. The van der Waals surface area contributed by atoms with Crippen molar-refractivity contribution in [3.8, 4) is 5.75 Å². The van der Waals surface area contributed by atoms with E-state index in [4.69, 9.17) is 9.84 Å². The first-order valence-electron chi connectivity index (χ1n) is 4.68. The average Bonchev–Trinajstić information content (AvgIpc) is 2.22. The molecule has 0 aliphatic carbocycles. The van der Waals surface area contributed by atoms with Gasteiger partial charge < -0.3 is 9.84 Å². The Hall–Kier alpha value is -1.51. The van der Waals surface area contributed by atoms with Gasteiger partial charge in [0.15, 0.2) is 0 Å². The van der Waals surface area contributed by atoms with Crippen molar-refractivity contribution in [1.82, 2.24) is 0 Å². The summed E-state index contributed by atoms with van der Waals surface area (Å²) in [7, 11) is 0. The van der Waals surface area contributed by atoms with Crippen molar-refractivity contribution in [3.63, 3.8) is 0 Å². The quantitative estimate of drug-likeness (QED) is 0.805. The number of aliphatic carboxylic acids is 1. The lowest BCUT2D eigenvalue weighted by atomic mass is 10.3. The van der Waals surface area contributed by atoms with Crippen LogP contribution < -0.4 is 4.74 Å². The minimum absolute atomic E-state index is 0.0366. The molecule has 3 heteroatoms. The van der Waals surface area contributed by atoms with Gasteiger partial charge in [0.2, 0.25) is 0 Å². The Balaban J connectivity index is 0.000000791. The van der Waals surface area contributed by atoms with Gasteiger partial charge in [-0.25, -0.2) is 0 Å². The van der Waals surface area contributed by atoms with Gasteiger partial charge in [-0.05, 0) is 12.1 Å². The first kappa shape index (κ1) is 12.5. The monoisotopic (exact) mass is 196 g/mol. The highest BCUT2D eigenvalue weighted by molar-refractivity contribution is 5.66. The van der Waals surface area contributed by atoms with Crippen LogP contribution >= 0.6 is 0 Å². The Kier molecular flexibility index (Phi) is 7.23. The van der Waals surface area contributed by atoms with E-state index in [-0.39, 0.29) is 13.0 Å². The largest absolute Gasteiger partial charge is 0.493 e. The number of carbonyl (C=O) groups is 1. The Morgan fingerprint density at radius 1 is 1.29 bits per heavy atom. The van der Waals surface area contributed by atoms with Gasteiger partial charge in [0.1, 0.15) is 5.75 Å². The first-order chi connectivity index (χ1) is 6.79. The number of carboxylic acid groups (broad SMARTS) is 1. The second-order valence-corrected chi connectivity index (χ2v) is 2.31. The van der Waals surface area contributed by atoms with Gasteiger partial charge in [-0.1, -0.05) is 32.0 Å². The van der Waals surface area contributed by atoms with E-state index in [1.165, 1.54) is 0 Å². The number of hydrogen-bond donors (Lipinski definition) is 1. The number of hydrogen-bond acceptors (Lipinski definition) is 2. The lowest BCUT2D eigenvalue weighted by Gasteiger charge is -2.02. The fraction of sp³-hybridized carbons (Fsp3) is 0.364. The molecule has 0 radical (unpaired) electrons. The summed E-state index contributed by atoms with van der Waals surface area (Å²) in [5.41, 5.74) is 0. The molecule has 1 aromatic rings. The number of para-hydroxylation sites is 1. The van der Waals surface area contributed by atoms with Crippen molar-refractivity contribution in [2.45, 2.75) is 20.3 Å². The molecule has 0 bridgehead atoms. The first-order valence-corrected chi connectivity index (χ1v) is 4.68. The molecule has 0 aliphatic heterocycles. The summed E-state index contributed by atoms with van der Waals surface area (Å²) in [6.45, 7) is 4.22. The maximum atomic E-state index is 10.1. The van der Waals surface area contributed by atoms with E-state index < -0.39 is 5.97 Å². The standard InChI is InChI=1S/C9H10O3.C2H6/c10-9(11)6-7-12-8-4-2-1-3-5-8;1-2/h1-5H,6-7H2,(H,10,11);1-2H3. The molecule has 0 fully saturated rings. The highest BCUT2D eigenvalue weighted by atomic mass is 16.5. The van der Waals surface area contributed by atoms with Crippen LogP contribution in [0.25, 0.3) is 0 Å². The summed E-state index contributed by atoms with van der Waals surface area (Å²) in [4.78, 5) is 10.1. The van der Waals surface area contributed by atoms with Crippen molar-refractivity contribution >= 4 is 5.97 Å². The summed E-state index contributed by atoms with van der Waals surface area (Å²) < 4.78 is 5.14. The second-order valence-electron chi connectivity index (χ2n) is 2.31. The lowest BCUT2D eigenvalue weighted by molar-refractivity contribution is -0.137. The molecule has 0 aliphatic rings. The minimum atomic E-state index is -0.842. The zero-order chi connectivity index (χ0) is 10.8. The molecule has 14 heavy (non-hydrogen) atoms. The third-order valence-corrected chi connectivity index (χ3v) is 1.33. The smallest absolute Gasteiger partial charge is 0.306 e. The normalized spacial score (nSPS) is 8.43. The molecule has 1 N–H and O–H groups in total. The van der Waals surface area contributed by atoms with Gasteiger partial charge >= 0.3 is 5.97 Å². The van der Waals surface area contributed by atoms with Crippen LogP contribution in [0.15, 0.2) is 30.3 Å². The van der Waals surface area contributed by atoms with Crippen molar-refractivity contribution in [2.75, 3.05) is 6.61 Å². The maximum Gasteiger partial charge on any atom is 0.306 e. The molecule has 1 aromatic carbocycles. The van der Waals surface area contributed by atoms with Gasteiger partial charge in [0.25, 0.3) is 0 Å². The molecular weight excluding hydrogens is 180 g/mol. The molecule has 0 amide bonds. The zero-order valence-electron chi connectivity index (χ0n) is 8.56.